The van der Waals surface area contributed by atoms with Gasteiger partial charge in [-0.3, -0.25) is 14.7 Å². The van der Waals surface area contributed by atoms with Crippen LogP contribution in [-0.2, 0) is 11.3 Å². The van der Waals surface area contributed by atoms with Crippen LogP contribution in [0.1, 0.15) is 16.8 Å². The normalized spacial score (nSPS) is 16.6. The van der Waals surface area contributed by atoms with Crippen molar-refractivity contribution in [2.45, 2.75) is 26.4 Å². The topological polar surface area (TPSA) is 92.1 Å². The molecule has 0 spiro atoms. The molecule has 1 N–H and O–H groups in total. The van der Waals surface area contributed by atoms with Crippen LogP contribution < -0.4 is 10.2 Å². The van der Waals surface area contributed by atoms with Crippen LogP contribution in [0.4, 0.5) is 5.82 Å². The van der Waals surface area contributed by atoms with Crippen LogP contribution in [-0.4, -0.2) is 68.3 Å². The molecule has 1 fully saturated rings. The molecule has 4 aromatic rings. The van der Waals surface area contributed by atoms with E-state index in [1.165, 1.54) is 5.56 Å². The molecule has 0 radical (unpaired) electrons. The SMILES string of the molecule is Cc1ccc(-n2cc3c(N4CCN(C)C(C(=O)NCc5cc(C)c(Br)cn5)C4)ncnc3n2)cc1. The second-order valence-electron chi connectivity index (χ2n) is 8.93. The van der Waals surface area contributed by atoms with E-state index in [0.717, 1.165) is 45.7 Å². The van der Waals surface area contributed by atoms with Gasteiger partial charge in [0.05, 0.1) is 23.3 Å². The van der Waals surface area contributed by atoms with E-state index in [2.05, 4.69) is 70.2 Å². The number of likely N-dealkylation sites (N-methyl/N-ethyl adjacent to an activating group) is 1. The summed E-state index contributed by atoms with van der Waals surface area (Å²) in [6.07, 6.45) is 5.27. The van der Waals surface area contributed by atoms with Gasteiger partial charge in [-0.1, -0.05) is 17.7 Å². The number of halogens is 1. The predicted molar refractivity (Wildman–Crippen MR) is 139 cm³/mol. The summed E-state index contributed by atoms with van der Waals surface area (Å²) < 4.78 is 2.78. The number of rotatable bonds is 5. The number of nitrogens with zero attached hydrogens (tertiary/aromatic N) is 7. The van der Waals surface area contributed by atoms with Crippen LogP contribution in [0.15, 0.2) is 53.5 Å². The van der Waals surface area contributed by atoms with Crippen LogP contribution in [0, 0.1) is 13.8 Å². The predicted octanol–water partition coefficient (Wildman–Crippen LogP) is 3.03. The zero-order valence-electron chi connectivity index (χ0n) is 19.9. The van der Waals surface area contributed by atoms with E-state index in [-0.39, 0.29) is 11.9 Å². The van der Waals surface area contributed by atoms with Gasteiger partial charge in [-0.05, 0) is 60.6 Å². The van der Waals surface area contributed by atoms with Crippen molar-refractivity contribution in [3.05, 3.63) is 70.3 Å². The molecule has 10 heteroatoms. The summed E-state index contributed by atoms with van der Waals surface area (Å²) in [7, 11) is 1.98. The van der Waals surface area contributed by atoms with Crippen LogP contribution in [0.5, 0.6) is 0 Å². The molecule has 180 valence electrons. The fraction of sp³-hybridized carbons (Fsp3) is 0.320. The lowest BCUT2D eigenvalue weighted by molar-refractivity contribution is -0.126. The zero-order chi connectivity index (χ0) is 24.5. The van der Waals surface area contributed by atoms with E-state index in [9.17, 15) is 4.79 Å². The summed E-state index contributed by atoms with van der Waals surface area (Å²) in [5.41, 5.74) is 4.71. The minimum absolute atomic E-state index is 0.0276. The van der Waals surface area contributed by atoms with Crippen molar-refractivity contribution in [3.63, 3.8) is 0 Å². The van der Waals surface area contributed by atoms with Crippen molar-refractivity contribution in [1.82, 2.24) is 34.9 Å². The first kappa shape index (κ1) is 23.4. The number of amides is 1. The summed E-state index contributed by atoms with van der Waals surface area (Å²) in [5.74, 6) is 0.768. The van der Waals surface area contributed by atoms with Gasteiger partial charge in [0.15, 0.2) is 5.65 Å². The first-order chi connectivity index (χ1) is 16.9. The number of anilines is 1. The highest BCUT2D eigenvalue weighted by atomic mass is 79.9. The van der Waals surface area contributed by atoms with E-state index >= 15 is 0 Å². The van der Waals surface area contributed by atoms with Gasteiger partial charge in [0.2, 0.25) is 5.91 Å². The molecule has 4 heterocycles. The van der Waals surface area contributed by atoms with Crippen LogP contribution >= 0.6 is 15.9 Å². The molecule has 1 aliphatic heterocycles. The summed E-state index contributed by atoms with van der Waals surface area (Å²) in [6, 6.07) is 9.85. The molecule has 0 bridgehead atoms. The van der Waals surface area contributed by atoms with Crippen LogP contribution in [0.25, 0.3) is 16.7 Å². The summed E-state index contributed by atoms with van der Waals surface area (Å²) in [6.45, 7) is 6.48. The summed E-state index contributed by atoms with van der Waals surface area (Å²) in [4.78, 5) is 30.7. The molecule has 35 heavy (non-hydrogen) atoms. The van der Waals surface area contributed by atoms with Gasteiger partial charge in [0.1, 0.15) is 18.2 Å². The molecule has 5 rings (SSSR count). The Labute approximate surface area is 212 Å². The maximum atomic E-state index is 13.1. The third-order valence-corrected chi connectivity index (χ3v) is 7.22. The lowest BCUT2D eigenvalue weighted by Gasteiger charge is -2.39. The van der Waals surface area contributed by atoms with Crippen molar-refractivity contribution in [1.29, 1.82) is 0 Å². The Morgan fingerprint density at radius 3 is 2.71 bits per heavy atom. The van der Waals surface area contributed by atoms with Gasteiger partial charge in [-0.25, -0.2) is 14.6 Å². The number of hydrogen-bond acceptors (Lipinski definition) is 7. The highest BCUT2D eigenvalue weighted by molar-refractivity contribution is 9.10. The fourth-order valence-electron chi connectivity index (χ4n) is 4.25. The smallest absolute Gasteiger partial charge is 0.239 e. The van der Waals surface area contributed by atoms with Gasteiger partial charge >= 0.3 is 0 Å². The highest BCUT2D eigenvalue weighted by Crippen LogP contribution is 2.26. The number of aryl methyl sites for hydroxylation is 2. The Morgan fingerprint density at radius 2 is 1.94 bits per heavy atom. The molecule has 1 atom stereocenters. The Hall–Kier alpha value is -3.37. The molecule has 9 nitrogen and oxygen atoms in total. The molecular weight excluding hydrogens is 508 g/mol. The molecule has 1 amide bonds. The summed E-state index contributed by atoms with van der Waals surface area (Å²) >= 11 is 3.46. The Morgan fingerprint density at radius 1 is 1.14 bits per heavy atom. The molecular formula is C25H27BrN8O. The summed E-state index contributed by atoms with van der Waals surface area (Å²) in [5, 5.41) is 8.57. The van der Waals surface area contributed by atoms with Crippen LogP contribution in [0.3, 0.4) is 0 Å². The molecule has 1 saturated heterocycles. The molecule has 0 aliphatic carbocycles. The van der Waals surface area contributed by atoms with Gasteiger partial charge in [0, 0.05) is 36.5 Å². The molecule has 1 unspecified atom stereocenters. The number of fused-ring (bicyclic) bond motifs is 1. The molecule has 1 aliphatic rings. The number of pyridine rings is 1. The number of piperazine rings is 1. The largest absolute Gasteiger partial charge is 0.353 e. The van der Waals surface area contributed by atoms with E-state index in [4.69, 9.17) is 0 Å². The lowest BCUT2D eigenvalue weighted by Crippen LogP contribution is -2.57. The Bertz CT molecular complexity index is 1370. The Balaban J connectivity index is 1.34. The molecule has 3 aromatic heterocycles. The van der Waals surface area contributed by atoms with Crippen molar-refractivity contribution < 1.29 is 4.79 Å². The molecule has 0 saturated carbocycles. The average Bonchev–Trinajstić information content (AvgIpc) is 3.30. The van der Waals surface area contributed by atoms with Crippen molar-refractivity contribution in [3.8, 4) is 5.69 Å². The number of nitrogens with one attached hydrogen (secondary N) is 1. The van der Waals surface area contributed by atoms with Crippen LogP contribution in [0.2, 0.25) is 0 Å². The number of hydrogen-bond donors (Lipinski definition) is 1. The van der Waals surface area contributed by atoms with Crippen molar-refractivity contribution in [2.75, 3.05) is 31.6 Å². The lowest BCUT2D eigenvalue weighted by atomic mass is 10.1. The number of aromatic nitrogens is 5. The maximum absolute atomic E-state index is 13.1. The monoisotopic (exact) mass is 534 g/mol. The standard InChI is InChI=1S/C25H27BrN8O/c1-16-4-6-19(7-5-16)34-13-20-23(31-34)29-15-30-24(20)33-9-8-32(3)22(14-33)25(35)28-11-18-10-17(2)21(26)12-27-18/h4-7,10,12-13,15,22H,8-9,11,14H2,1-3H3,(H,28,35). The van der Waals surface area contributed by atoms with E-state index in [1.807, 2.05) is 43.0 Å². The second kappa shape index (κ2) is 9.71. The van der Waals surface area contributed by atoms with Gasteiger partial charge in [-0.2, -0.15) is 0 Å². The fourth-order valence-corrected chi connectivity index (χ4v) is 4.46. The quantitative estimate of drug-likeness (QED) is 0.420. The molecule has 1 aromatic carbocycles. The third kappa shape index (κ3) is 4.89. The maximum Gasteiger partial charge on any atom is 0.239 e. The average molecular weight is 535 g/mol. The highest BCUT2D eigenvalue weighted by Gasteiger charge is 2.31. The van der Waals surface area contributed by atoms with Crippen molar-refractivity contribution >= 4 is 38.7 Å². The minimum Gasteiger partial charge on any atom is -0.353 e. The van der Waals surface area contributed by atoms with Gasteiger partial charge in [0.25, 0.3) is 0 Å². The van der Waals surface area contributed by atoms with Crippen molar-refractivity contribution in [2.24, 2.45) is 0 Å². The van der Waals surface area contributed by atoms with E-state index < -0.39 is 0 Å². The Kier molecular flexibility index (Phi) is 6.48. The zero-order valence-corrected chi connectivity index (χ0v) is 21.5. The first-order valence-corrected chi connectivity index (χ1v) is 12.3. The number of carbonyl (C=O) groups is 1. The van der Waals surface area contributed by atoms with E-state index in [0.29, 0.717) is 18.7 Å². The van der Waals surface area contributed by atoms with Gasteiger partial charge in [-0.15, -0.1) is 5.10 Å². The first-order valence-electron chi connectivity index (χ1n) is 11.5. The second-order valence-corrected chi connectivity index (χ2v) is 9.78. The van der Waals surface area contributed by atoms with E-state index in [1.54, 1.807) is 12.5 Å². The van der Waals surface area contributed by atoms with Gasteiger partial charge < -0.3 is 10.2 Å². The third-order valence-electron chi connectivity index (χ3n) is 6.39. The number of benzene rings is 1. The number of carbonyl (C=O) groups excluding carboxylic acids is 1. The minimum atomic E-state index is -0.308.